The third-order valence-corrected chi connectivity index (χ3v) is 8.09. The Morgan fingerprint density at radius 3 is 2.51 bits per heavy atom. The van der Waals surface area contributed by atoms with Crippen molar-refractivity contribution in [1.29, 1.82) is 0 Å². The van der Waals surface area contributed by atoms with Crippen molar-refractivity contribution in [3.8, 4) is 11.5 Å². The van der Waals surface area contributed by atoms with Crippen LogP contribution in [-0.2, 0) is 33.2 Å². The maximum absolute atomic E-state index is 13.4. The van der Waals surface area contributed by atoms with E-state index >= 15 is 0 Å². The van der Waals surface area contributed by atoms with Gasteiger partial charge < -0.3 is 15.2 Å². The molecule has 0 saturated heterocycles. The molecule has 3 heterocycles. The summed E-state index contributed by atoms with van der Waals surface area (Å²) in [6.07, 6.45) is 5.34. The molecule has 0 aliphatic heterocycles. The number of amides is 1. The van der Waals surface area contributed by atoms with Crippen molar-refractivity contribution in [2.75, 3.05) is 5.32 Å². The number of aliphatic hydroxyl groups is 1. The van der Waals surface area contributed by atoms with Gasteiger partial charge in [0.1, 0.15) is 32.9 Å². The van der Waals surface area contributed by atoms with Crippen LogP contribution in [0.25, 0.3) is 10.9 Å². The van der Waals surface area contributed by atoms with Gasteiger partial charge in [-0.05, 0) is 95.1 Å². The molecule has 1 unspecified atom stereocenters. The highest BCUT2D eigenvalue weighted by molar-refractivity contribution is 7.85. The van der Waals surface area contributed by atoms with Gasteiger partial charge in [-0.25, -0.2) is 9.19 Å². The number of aromatic nitrogens is 4. The van der Waals surface area contributed by atoms with Crippen LogP contribution in [0.3, 0.4) is 0 Å². The lowest BCUT2D eigenvalue weighted by atomic mass is 10.1. The quantitative estimate of drug-likeness (QED) is 0.217. The maximum atomic E-state index is 13.4. The summed E-state index contributed by atoms with van der Waals surface area (Å²) in [5.74, 6) is 1.06. The highest BCUT2D eigenvalue weighted by Gasteiger charge is 2.20. The smallest absolute Gasteiger partial charge is 0.228 e. The van der Waals surface area contributed by atoms with Crippen molar-refractivity contribution >= 4 is 33.3 Å². The van der Waals surface area contributed by atoms with E-state index in [0.29, 0.717) is 43.7 Å². The minimum Gasteiger partial charge on any atom is -0.456 e. The van der Waals surface area contributed by atoms with Crippen LogP contribution in [0.15, 0.2) is 89.2 Å². The topological polar surface area (TPSA) is 119 Å². The fourth-order valence-corrected chi connectivity index (χ4v) is 5.52. The van der Waals surface area contributed by atoms with Gasteiger partial charge in [0, 0.05) is 22.7 Å². The number of fused-ring (bicyclic) bond motifs is 1. The number of aryl methyl sites for hydroxylation is 1. The van der Waals surface area contributed by atoms with Gasteiger partial charge in [-0.15, -0.1) is 0 Å². The van der Waals surface area contributed by atoms with Crippen LogP contribution in [0.2, 0.25) is 0 Å². The molecule has 0 aliphatic rings. The number of carbonyl (C=O) groups excluding carboxylic acids is 1. The van der Waals surface area contributed by atoms with Gasteiger partial charge >= 0.3 is 0 Å². The fourth-order valence-electron chi connectivity index (χ4n) is 4.48. The summed E-state index contributed by atoms with van der Waals surface area (Å²) in [5.41, 5.74) is 2.18. The third-order valence-electron chi connectivity index (χ3n) is 6.80. The number of ether oxygens (including phenoxy) is 1. The first-order chi connectivity index (χ1) is 20.3. The normalized spacial score (nSPS) is 12.7. The largest absolute Gasteiger partial charge is 0.456 e. The van der Waals surface area contributed by atoms with Crippen LogP contribution in [-0.4, -0.2) is 35.0 Å². The molecule has 222 valence electrons. The van der Waals surface area contributed by atoms with E-state index in [1.54, 1.807) is 68.7 Å². The predicted molar refractivity (Wildman–Crippen MR) is 167 cm³/mol. The Hall–Kier alpha value is -4.41. The first kappa shape index (κ1) is 30.1. The first-order valence-corrected chi connectivity index (χ1v) is 15.1. The molecule has 5 aromatic rings. The van der Waals surface area contributed by atoms with Gasteiger partial charge in [0.2, 0.25) is 5.91 Å². The van der Waals surface area contributed by atoms with Crippen LogP contribution in [0.4, 0.5) is 5.69 Å². The lowest BCUT2D eigenvalue weighted by Crippen LogP contribution is -2.22. The maximum Gasteiger partial charge on any atom is 0.228 e. The molecule has 2 aromatic carbocycles. The minimum absolute atomic E-state index is 0.134. The van der Waals surface area contributed by atoms with E-state index in [0.717, 1.165) is 11.1 Å². The molecule has 0 spiro atoms. The molecule has 0 aliphatic carbocycles. The molecule has 10 heteroatoms. The zero-order valence-corrected chi connectivity index (χ0v) is 25.9. The summed E-state index contributed by atoms with van der Waals surface area (Å²) in [7, 11) is -1.58. The molecule has 0 bridgehead atoms. The summed E-state index contributed by atoms with van der Waals surface area (Å²) in [5, 5.41) is 18.6. The second-order valence-electron chi connectivity index (χ2n) is 11.9. The van der Waals surface area contributed by atoms with Crippen molar-refractivity contribution < 1.29 is 18.8 Å². The molecular formula is C33H35N5O4S. The molecule has 1 atom stereocenters. The summed E-state index contributed by atoms with van der Waals surface area (Å²) >= 11 is 0. The minimum atomic E-state index is -1.58. The van der Waals surface area contributed by atoms with Crippen molar-refractivity contribution in [2.24, 2.45) is 0 Å². The monoisotopic (exact) mass is 597 g/mol. The number of rotatable bonds is 8. The van der Waals surface area contributed by atoms with Crippen LogP contribution in [0.5, 0.6) is 11.5 Å². The molecule has 9 nitrogen and oxygen atoms in total. The molecule has 2 N–H and O–H groups in total. The van der Waals surface area contributed by atoms with Crippen molar-refractivity contribution in [3.63, 3.8) is 0 Å². The molecule has 0 radical (unpaired) electrons. The SMILES string of the molecule is Cc1cc(CC(=O)Nc2cnn(C(C)(C)C)c2)ccc1Oc1ccnc2ccc(S(=O)c3cccc(C(C)(C)O)n3)cc12. The lowest BCUT2D eigenvalue weighted by molar-refractivity contribution is -0.115. The molecule has 1 amide bonds. The third kappa shape index (κ3) is 6.98. The zero-order chi connectivity index (χ0) is 30.9. The summed E-state index contributed by atoms with van der Waals surface area (Å²) in [6, 6.07) is 17.9. The number of anilines is 1. The summed E-state index contributed by atoms with van der Waals surface area (Å²) < 4.78 is 21.6. The molecule has 5 rings (SSSR count). The number of nitrogens with one attached hydrogen (secondary N) is 1. The molecule has 0 fully saturated rings. The fraction of sp³-hybridized carbons (Fsp3) is 0.273. The number of carbonyl (C=O) groups is 1. The molecular weight excluding hydrogens is 562 g/mol. The summed E-state index contributed by atoms with van der Waals surface area (Å²) in [4.78, 5) is 22.1. The van der Waals surface area contributed by atoms with E-state index in [1.165, 1.54) is 0 Å². The van der Waals surface area contributed by atoms with E-state index in [9.17, 15) is 14.1 Å². The second-order valence-corrected chi connectivity index (χ2v) is 13.4. The molecule has 0 saturated carbocycles. The van der Waals surface area contributed by atoms with Gasteiger partial charge in [-0.1, -0.05) is 18.2 Å². The highest BCUT2D eigenvalue weighted by atomic mass is 32.2. The number of pyridine rings is 2. The van der Waals surface area contributed by atoms with E-state index in [1.807, 2.05) is 56.8 Å². The number of nitrogens with zero attached hydrogens (tertiary/aromatic N) is 4. The van der Waals surface area contributed by atoms with Gasteiger partial charge in [0.05, 0.1) is 35.1 Å². The number of hydrogen-bond acceptors (Lipinski definition) is 7. The average Bonchev–Trinajstić information content (AvgIpc) is 3.43. The molecule has 3 aromatic heterocycles. The Morgan fingerprint density at radius 2 is 1.81 bits per heavy atom. The van der Waals surface area contributed by atoms with E-state index in [4.69, 9.17) is 4.74 Å². The average molecular weight is 598 g/mol. The van der Waals surface area contributed by atoms with E-state index < -0.39 is 16.4 Å². The number of benzene rings is 2. The Morgan fingerprint density at radius 1 is 1.02 bits per heavy atom. The van der Waals surface area contributed by atoms with E-state index in [2.05, 4.69) is 20.4 Å². The van der Waals surface area contributed by atoms with Crippen LogP contribution < -0.4 is 10.1 Å². The van der Waals surface area contributed by atoms with Gasteiger partial charge in [-0.2, -0.15) is 5.10 Å². The molecule has 43 heavy (non-hydrogen) atoms. The Balaban J connectivity index is 1.33. The Kier molecular flexibility index (Phi) is 8.18. The predicted octanol–water partition coefficient (Wildman–Crippen LogP) is 6.26. The second kappa shape index (κ2) is 11.7. The van der Waals surface area contributed by atoms with Gasteiger partial charge in [-0.3, -0.25) is 14.5 Å². The Bertz CT molecular complexity index is 1840. The van der Waals surface area contributed by atoms with Crippen molar-refractivity contribution in [2.45, 2.75) is 69.0 Å². The van der Waals surface area contributed by atoms with Crippen LogP contribution >= 0.6 is 0 Å². The van der Waals surface area contributed by atoms with Gasteiger partial charge in [0.15, 0.2) is 0 Å². The highest BCUT2D eigenvalue weighted by Crippen LogP contribution is 2.33. The van der Waals surface area contributed by atoms with Gasteiger partial charge in [0.25, 0.3) is 0 Å². The standard InChI is InChI=1S/C33H35N5O4S/c1-21-16-22(17-30(39)36-23-19-35-38(20-23)32(2,3)4)10-13-27(21)42-28-14-15-34-26-12-11-24(18-25(26)28)43(41)31-9-7-8-29(37-31)33(5,6)40/h7-16,18-20,40H,17H2,1-6H3,(H,36,39). The van der Waals surface area contributed by atoms with Crippen molar-refractivity contribution in [1.82, 2.24) is 19.7 Å². The van der Waals surface area contributed by atoms with Crippen LogP contribution in [0.1, 0.15) is 51.4 Å². The van der Waals surface area contributed by atoms with Crippen LogP contribution in [0, 0.1) is 6.92 Å². The number of hydrogen-bond donors (Lipinski definition) is 2. The summed E-state index contributed by atoms with van der Waals surface area (Å²) in [6.45, 7) is 11.3. The lowest BCUT2D eigenvalue weighted by Gasteiger charge is -2.18. The zero-order valence-electron chi connectivity index (χ0n) is 25.1. The first-order valence-electron chi connectivity index (χ1n) is 13.9. The van der Waals surface area contributed by atoms with Crippen molar-refractivity contribution in [3.05, 3.63) is 96.1 Å². The Labute approximate surface area is 253 Å². The van der Waals surface area contributed by atoms with E-state index in [-0.39, 0.29) is 17.9 Å².